The number of nitrogens with zero attached hydrogens (tertiary/aromatic N) is 5. The van der Waals surface area contributed by atoms with Gasteiger partial charge in [0.2, 0.25) is 11.7 Å². The molecule has 1 atom stereocenters. The molecule has 0 aliphatic rings. The number of carbonyl (C=O) groups is 2. The second kappa shape index (κ2) is 13.1. The molecule has 0 radical (unpaired) electrons. The van der Waals surface area contributed by atoms with Crippen LogP contribution in [-0.2, 0) is 37.0 Å². The van der Waals surface area contributed by atoms with Gasteiger partial charge in [0.05, 0.1) is 42.7 Å². The van der Waals surface area contributed by atoms with Crippen LogP contribution >= 0.6 is 0 Å². The van der Waals surface area contributed by atoms with Gasteiger partial charge in [0.15, 0.2) is 5.69 Å². The second-order valence-electron chi connectivity index (χ2n) is 9.18. The van der Waals surface area contributed by atoms with Crippen molar-refractivity contribution in [3.05, 3.63) is 106 Å². The molecular weight excluding hydrogens is 565 g/mol. The van der Waals surface area contributed by atoms with Crippen LogP contribution in [0.5, 0.6) is 0 Å². The van der Waals surface area contributed by atoms with Crippen molar-refractivity contribution in [2.45, 2.75) is 44.8 Å². The first-order valence-corrected chi connectivity index (χ1v) is 12.6. The van der Waals surface area contributed by atoms with E-state index in [-0.39, 0.29) is 49.6 Å². The third kappa shape index (κ3) is 8.05. The van der Waals surface area contributed by atoms with E-state index in [1.54, 1.807) is 30.3 Å². The SMILES string of the molecule is O=C(Cc1ccccc1)Nc1ccn(CC[C@H](F)Cn2cc(C(=O)NCc3cc(C(F)(F)F)ccn3)nn2)c(=O)c1F. The average molecular weight is 590 g/mol. The zero-order chi connectivity index (χ0) is 30.3. The number of halogens is 5. The number of pyridine rings is 2. The van der Waals surface area contributed by atoms with Crippen molar-refractivity contribution < 1.29 is 31.5 Å². The minimum absolute atomic E-state index is 0.00834. The predicted octanol–water partition coefficient (Wildman–Crippen LogP) is 3.53. The van der Waals surface area contributed by atoms with E-state index in [0.717, 1.165) is 33.8 Å². The summed E-state index contributed by atoms with van der Waals surface area (Å²) in [6.07, 6.45) is -2.96. The van der Waals surface area contributed by atoms with Crippen LogP contribution < -0.4 is 16.2 Å². The molecule has 10 nitrogen and oxygen atoms in total. The van der Waals surface area contributed by atoms with Gasteiger partial charge in [-0.2, -0.15) is 17.6 Å². The fourth-order valence-corrected chi connectivity index (χ4v) is 3.87. The van der Waals surface area contributed by atoms with Crippen LogP contribution in [0.15, 0.2) is 71.9 Å². The Morgan fingerprint density at radius 1 is 1.07 bits per heavy atom. The van der Waals surface area contributed by atoms with E-state index in [0.29, 0.717) is 5.56 Å². The van der Waals surface area contributed by atoms with Gasteiger partial charge in [0.25, 0.3) is 11.5 Å². The number of rotatable bonds is 11. The summed E-state index contributed by atoms with van der Waals surface area (Å²) in [6, 6.07) is 11.6. The molecule has 4 rings (SSSR count). The fraction of sp³-hybridized carbons (Fsp3) is 0.259. The number of hydrogen-bond acceptors (Lipinski definition) is 6. The van der Waals surface area contributed by atoms with E-state index >= 15 is 0 Å². The van der Waals surface area contributed by atoms with Gasteiger partial charge in [-0.1, -0.05) is 35.5 Å². The minimum atomic E-state index is -4.56. The maximum atomic E-state index is 14.6. The zero-order valence-corrected chi connectivity index (χ0v) is 21.8. The lowest BCUT2D eigenvalue weighted by atomic mass is 10.1. The van der Waals surface area contributed by atoms with Crippen molar-refractivity contribution in [3.8, 4) is 0 Å². The topological polar surface area (TPSA) is 124 Å². The molecule has 42 heavy (non-hydrogen) atoms. The molecule has 1 aromatic carbocycles. The lowest BCUT2D eigenvalue weighted by molar-refractivity contribution is -0.137. The normalized spacial score (nSPS) is 12.1. The Kier molecular flexibility index (Phi) is 9.39. The van der Waals surface area contributed by atoms with Gasteiger partial charge >= 0.3 is 6.18 Å². The summed E-state index contributed by atoms with van der Waals surface area (Å²) in [5, 5.41) is 12.0. The highest BCUT2D eigenvalue weighted by atomic mass is 19.4. The summed E-state index contributed by atoms with van der Waals surface area (Å²) in [6.45, 7) is -0.816. The van der Waals surface area contributed by atoms with Crippen LogP contribution in [-0.4, -0.2) is 42.5 Å². The number of alkyl halides is 4. The number of carbonyl (C=O) groups excluding carboxylic acids is 2. The Morgan fingerprint density at radius 2 is 1.83 bits per heavy atom. The number of nitrogens with one attached hydrogen (secondary N) is 2. The van der Waals surface area contributed by atoms with Crippen LogP contribution in [0.4, 0.5) is 27.6 Å². The summed E-state index contributed by atoms with van der Waals surface area (Å²) in [7, 11) is 0. The molecule has 3 aromatic heterocycles. The molecule has 15 heteroatoms. The lowest BCUT2D eigenvalue weighted by Crippen LogP contribution is -2.27. The van der Waals surface area contributed by atoms with E-state index in [2.05, 4.69) is 25.9 Å². The van der Waals surface area contributed by atoms with Crippen LogP contribution in [0.25, 0.3) is 0 Å². The Bertz CT molecular complexity index is 1610. The summed E-state index contributed by atoms with van der Waals surface area (Å²) in [4.78, 5) is 40.7. The average Bonchev–Trinajstić information content (AvgIpc) is 3.42. The number of aromatic nitrogens is 5. The molecule has 2 N–H and O–H groups in total. The fourth-order valence-electron chi connectivity index (χ4n) is 3.87. The monoisotopic (exact) mass is 589 g/mol. The maximum absolute atomic E-state index is 14.6. The number of aryl methyl sites for hydroxylation is 1. The molecule has 0 saturated carbocycles. The molecule has 0 saturated heterocycles. The third-order valence-corrected chi connectivity index (χ3v) is 6.00. The van der Waals surface area contributed by atoms with Crippen LogP contribution in [0.2, 0.25) is 0 Å². The molecule has 0 fully saturated rings. The third-order valence-electron chi connectivity index (χ3n) is 6.00. The zero-order valence-electron chi connectivity index (χ0n) is 21.8. The summed E-state index contributed by atoms with van der Waals surface area (Å²) >= 11 is 0. The first-order valence-electron chi connectivity index (χ1n) is 12.6. The van der Waals surface area contributed by atoms with Gasteiger partial charge in [-0.05, 0) is 30.2 Å². The molecule has 0 unspecified atom stereocenters. The Labute approximate surface area is 235 Å². The highest BCUT2D eigenvalue weighted by Crippen LogP contribution is 2.29. The Morgan fingerprint density at radius 3 is 2.57 bits per heavy atom. The first-order chi connectivity index (χ1) is 20.0. The largest absolute Gasteiger partial charge is 0.416 e. The summed E-state index contributed by atoms with van der Waals surface area (Å²) in [5.41, 5.74) is -1.74. The van der Waals surface area contributed by atoms with Crippen LogP contribution in [0.1, 0.15) is 33.7 Å². The molecule has 0 aliphatic heterocycles. The number of benzene rings is 1. The molecule has 3 heterocycles. The molecule has 0 bridgehead atoms. The van der Waals surface area contributed by atoms with Crippen molar-refractivity contribution in [3.63, 3.8) is 0 Å². The molecule has 4 aromatic rings. The number of hydrogen-bond donors (Lipinski definition) is 2. The predicted molar refractivity (Wildman–Crippen MR) is 139 cm³/mol. The van der Waals surface area contributed by atoms with Gasteiger partial charge in [-0.15, -0.1) is 5.10 Å². The van der Waals surface area contributed by atoms with Crippen molar-refractivity contribution in [1.29, 1.82) is 0 Å². The van der Waals surface area contributed by atoms with Crippen LogP contribution in [0.3, 0.4) is 0 Å². The highest BCUT2D eigenvalue weighted by molar-refractivity contribution is 5.92. The number of anilines is 1. The van der Waals surface area contributed by atoms with Crippen molar-refractivity contribution in [2.75, 3.05) is 5.32 Å². The Hall–Kier alpha value is -4.95. The summed E-state index contributed by atoms with van der Waals surface area (Å²) < 4.78 is 69.7. The van der Waals surface area contributed by atoms with Gasteiger partial charge in [-0.3, -0.25) is 19.4 Å². The smallest absolute Gasteiger partial charge is 0.345 e. The first kappa shape index (κ1) is 30.0. The van der Waals surface area contributed by atoms with Crippen molar-refractivity contribution in [2.24, 2.45) is 0 Å². The second-order valence-corrected chi connectivity index (χ2v) is 9.18. The summed E-state index contributed by atoms with van der Waals surface area (Å²) in [5.74, 6) is -2.44. The quantitative estimate of drug-likeness (QED) is 0.258. The van der Waals surface area contributed by atoms with Gasteiger partial charge < -0.3 is 15.2 Å². The van der Waals surface area contributed by atoms with Crippen molar-refractivity contribution in [1.82, 2.24) is 29.9 Å². The lowest BCUT2D eigenvalue weighted by Gasteiger charge is -2.12. The number of amides is 2. The van der Waals surface area contributed by atoms with Gasteiger partial charge in [0, 0.05) is 18.9 Å². The molecule has 0 aliphatic carbocycles. The van der Waals surface area contributed by atoms with Gasteiger partial charge in [-0.25, -0.2) is 9.07 Å². The van der Waals surface area contributed by atoms with Crippen molar-refractivity contribution >= 4 is 17.5 Å². The Balaban J connectivity index is 1.26. The minimum Gasteiger partial charge on any atom is -0.345 e. The molecule has 0 spiro atoms. The van der Waals surface area contributed by atoms with E-state index in [4.69, 9.17) is 0 Å². The van der Waals surface area contributed by atoms with E-state index in [9.17, 15) is 36.3 Å². The van der Waals surface area contributed by atoms with E-state index in [1.807, 2.05) is 0 Å². The van der Waals surface area contributed by atoms with E-state index < -0.39 is 41.1 Å². The standard InChI is InChI=1S/C27H24F5N7O3/c28-19(7-10-38-11-8-21(24(29)26(38)42)35-23(40)12-17-4-2-1-3-5-17)15-39-16-22(36-37-39)25(41)34-14-20-13-18(6-9-33-20)27(30,31)32/h1-6,8-9,11,13,16,19H,7,10,12,14-15H2,(H,34,41)(H,35,40)/t19-/m0/s1. The van der Waals surface area contributed by atoms with Gasteiger partial charge in [0.1, 0.15) is 6.17 Å². The van der Waals surface area contributed by atoms with E-state index in [1.165, 1.54) is 12.3 Å². The van der Waals surface area contributed by atoms with Crippen LogP contribution in [0, 0.1) is 5.82 Å². The maximum Gasteiger partial charge on any atom is 0.416 e. The molecule has 2 amide bonds. The molecule has 220 valence electrons. The highest BCUT2D eigenvalue weighted by Gasteiger charge is 2.30. The molecular formula is C27H24F5N7O3.